The van der Waals surface area contributed by atoms with Crippen molar-refractivity contribution < 1.29 is 23.8 Å². The van der Waals surface area contributed by atoms with Crippen molar-refractivity contribution in [2.45, 2.75) is 13.0 Å². The number of rotatable bonds is 6. The monoisotopic (exact) mass is 329 g/mol. The first-order chi connectivity index (χ1) is 11.4. The van der Waals surface area contributed by atoms with Crippen LogP contribution < -0.4 is 15.2 Å². The highest BCUT2D eigenvalue weighted by molar-refractivity contribution is 6.07. The summed E-state index contributed by atoms with van der Waals surface area (Å²) in [5.41, 5.74) is 5.88. The number of methoxy groups -OCH3 is 2. The lowest BCUT2D eigenvalue weighted by atomic mass is 10.0. The van der Waals surface area contributed by atoms with Crippen molar-refractivity contribution in [2.75, 3.05) is 14.2 Å². The summed E-state index contributed by atoms with van der Waals surface area (Å²) < 4.78 is 15.7. The average Bonchev–Trinajstić information content (AvgIpc) is 2.57. The Bertz CT molecular complexity index is 798. The van der Waals surface area contributed by atoms with E-state index in [-0.39, 0.29) is 5.56 Å². The van der Waals surface area contributed by atoms with Crippen LogP contribution in [0.3, 0.4) is 0 Å². The molecule has 24 heavy (non-hydrogen) atoms. The number of carbonyl (C=O) groups excluding carboxylic acids is 2. The number of carbonyl (C=O) groups is 2. The van der Waals surface area contributed by atoms with Crippen molar-refractivity contribution in [1.82, 2.24) is 0 Å². The number of ether oxygens (including phenoxy) is 3. The van der Waals surface area contributed by atoms with Gasteiger partial charge in [-0.05, 0) is 42.8 Å². The SMILES string of the molecule is C=C(C)[C@@H](OC(=O)c1ccc(OC)c2ccc(OC)cc12)C(N)=O. The van der Waals surface area contributed by atoms with Gasteiger partial charge in [0.2, 0.25) is 6.10 Å². The normalized spacial score (nSPS) is 11.6. The molecule has 2 aromatic carbocycles. The smallest absolute Gasteiger partial charge is 0.339 e. The molecule has 0 heterocycles. The highest BCUT2D eigenvalue weighted by Crippen LogP contribution is 2.32. The van der Waals surface area contributed by atoms with Gasteiger partial charge in [0.1, 0.15) is 11.5 Å². The van der Waals surface area contributed by atoms with Crippen LogP contribution in [0.2, 0.25) is 0 Å². The Hall–Kier alpha value is -3.02. The summed E-state index contributed by atoms with van der Waals surface area (Å²) >= 11 is 0. The second-order valence-electron chi connectivity index (χ2n) is 5.26. The Balaban J connectivity index is 2.53. The van der Waals surface area contributed by atoms with Gasteiger partial charge in [0, 0.05) is 10.8 Å². The van der Waals surface area contributed by atoms with Gasteiger partial charge in [0.25, 0.3) is 5.91 Å². The van der Waals surface area contributed by atoms with Crippen molar-refractivity contribution in [3.05, 3.63) is 48.0 Å². The zero-order chi connectivity index (χ0) is 17.9. The number of primary amides is 1. The highest BCUT2D eigenvalue weighted by atomic mass is 16.5. The van der Waals surface area contributed by atoms with Gasteiger partial charge >= 0.3 is 5.97 Å². The van der Waals surface area contributed by atoms with Gasteiger partial charge in [0.05, 0.1) is 19.8 Å². The predicted molar refractivity (Wildman–Crippen MR) is 90.3 cm³/mol. The number of benzene rings is 2. The van der Waals surface area contributed by atoms with Gasteiger partial charge < -0.3 is 19.9 Å². The van der Waals surface area contributed by atoms with Crippen LogP contribution in [0.1, 0.15) is 17.3 Å². The second kappa shape index (κ2) is 7.04. The number of amides is 1. The van der Waals surface area contributed by atoms with Crippen molar-refractivity contribution in [3.8, 4) is 11.5 Å². The molecule has 0 unspecified atom stereocenters. The molecule has 0 fully saturated rings. The Morgan fingerprint density at radius 2 is 1.79 bits per heavy atom. The molecular formula is C18H19NO5. The fourth-order valence-corrected chi connectivity index (χ4v) is 2.35. The van der Waals surface area contributed by atoms with E-state index in [0.29, 0.717) is 22.5 Å². The van der Waals surface area contributed by atoms with Crippen LogP contribution in [-0.2, 0) is 9.53 Å². The maximum atomic E-state index is 12.5. The molecular weight excluding hydrogens is 310 g/mol. The quantitative estimate of drug-likeness (QED) is 0.649. The molecule has 0 aromatic heterocycles. The first kappa shape index (κ1) is 17.3. The van der Waals surface area contributed by atoms with E-state index >= 15 is 0 Å². The fourth-order valence-electron chi connectivity index (χ4n) is 2.35. The minimum atomic E-state index is -1.18. The molecule has 1 amide bonds. The summed E-state index contributed by atoms with van der Waals surface area (Å²) in [6.45, 7) is 5.19. The fraction of sp³-hybridized carbons (Fsp3) is 0.222. The van der Waals surface area contributed by atoms with Gasteiger partial charge in [-0.1, -0.05) is 6.58 Å². The molecule has 0 aliphatic heterocycles. The number of nitrogens with two attached hydrogens (primary N) is 1. The number of fused-ring (bicyclic) bond motifs is 1. The van der Waals surface area contributed by atoms with E-state index in [2.05, 4.69) is 6.58 Å². The highest BCUT2D eigenvalue weighted by Gasteiger charge is 2.23. The van der Waals surface area contributed by atoms with Gasteiger partial charge in [0.15, 0.2) is 0 Å². The summed E-state index contributed by atoms with van der Waals surface area (Å²) in [7, 11) is 3.07. The first-order valence-electron chi connectivity index (χ1n) is 7.19. The predicted octanol–water partition coefficient (Wildman–Crippen LogP) is 2.44. The molecule has 0 bridgehead atoms. The van der Waals surface area contributed by atoms with Crippen LogP contribution in [0, 0.1) is 0 Å². The molecule has 0 saturated carbocycles. The summed E-state index contributed by atoms with van der Waals surface area (Å²) in [6.07, 6.45) is -1.18. The average molecular weight is 329 g/mol. The zero-order valence-corrected chi connectivity index (χ0v) is 13.8. The lowest BCUT2D eigenvalue weighted by Crippen LogP contribution is -2.34. The van der Waals surface area contributed by atoms with E-state index < -0.39 is 18.0 Å². The van der Waals surface area contributed by atoms with Crippen molar-refractivity contribution >= 4 is 22.6 Å². The van der Waals surface area contributed by atoms with Crippen molar-refractivity contribution in [3.63, 3.8) is 0 Å². The molecule has 6 heteroatoms. The summed E-state index contributed by atoms with van der Waals surface area (Å²) in [5, 5.41) is 1.31. The zero-order valence-electron chi connectivity index (χ0n) is 13.8. The van der Waals surface area contributed by atoms with E-state index in [1.807, 2.05) is 0 Å². The van der Waals surface area contributed by atoms with Crippen LogP contribution >= 0.6 is 0 Å². The maximum Gasteiger partial charge on any atom is 0.339 e. The van der Waals surface area contributed by atoms with Crippen molar-refractivity contribution in [2.24, 2.45) is 5.73 Å². The Labute approximate surface area is 139 Å². The van der Waals surface area contributed by atoms with E-state index in [9.17, 15) is 9.59 Å². The summed E-state index contributed by atoms with van der Waals surface area (Å²) in [6, 6.07) is 8.48. The van der Waals surface area contributed by atoms with Gasteiger partial charge in [-0.25, -0.2) is 4.79 Å². The molecule has 0 spiro atoms. The van der Waals surface area contributed by atoms with Gasteiger partial charge in [-0.15, -0.1) is 0 Å². The van der Waals surface area contributed by atoms with Crippen molar-refractivity contribution in [1.29, 1.82) is 0 Å². The number of hydrogen-bond donors (Lipinski definition) is 1. The van der Waals surface area contributed by atoms with E-state index in [0.717, 1.165) is 5.39 Å². The minimum Gasteiger partial charge on any atom is -0.497 e. The third-order valence-corrected chi connectivity index (χ3v) is 3.55. The third kappa shape index (κ3) is 3.32. The molecule has 0 aliphatic rings. The molecule has 126 valence electrons. The van der Waals surface area contributed by atoms with Gasteiger partial charge in [-0.2, -0.15) is 0 Å². The van der Waals surface area contributed by atoms with E-state index in [1.54, 1.807) is 44.4 Å². The molecule has 0 radical (unpaired) electrons. The van der Waals surface area contributed by atoms with E-state index in [1.165, 1.54) is 7.11 Å². The number of esters is 1. The lowest BCUT2D eigenvalue weighted by molar-refractivity contribution is -0.124. The standard InChI is InChI=1S/C18H19NO5/c1-10(2)16(17(19)20)24-18(21)13-7-8-15(23-4)12-6-5-11(22-3)9-14(12)13/h5-9,16H,1H2,2-4H3,(H2,19,20)/t16-/m1/s1. The van der Waals surface area contributed by atoms with Crippen LogP contribution in [0.25, 0.3) is 10.8 Å². The molecule has 2 rings (SSSR count). The Morgan fingerprint density at radius 3 is 2.33 bits per heavy atom. The molecule has 6 nitrogen and oxygen atoms in total. The van der Waals surface area contributed by atoms with Crippen LogP contribution in [0.15, 0.2) is 42.5 Å². The van der Waals surface area contributed by atoms with Crippen LogP contribution in [0.4, 0.5) is 0 Å². The summed E-state index contributed by atoms with van der Waals surface area (Å²) in [5.74, 6) is -0.263. The largest absolute Gasteiger partial charge is 0.497 e. The second-order valence-corrected chi connectivity index (χ2v) is 5.26. The van der Waals surface area contributed by atoms with Crippen LogP contribution in [-0.4, -0.2) is 32.2 Å². The molecule has 0 aliphatic carbocycles. The Morgan fingerprint density at radius 1 is 1.08 bits per heavy atom. The third-order valence-electron chi connectivity index (χ3n) is 3.55. The minimum absolute atomic E-state index is 0.275. The van der Waals surface area contributed by atoms with Crippen LogP contribution in [0.5, 0.6) is 11.5 Å². The lowest BCUT2D eigenvalue weighted by Gasteiger charge is -2.16. The van der Waals surface area contributed by atoms with E-state index in [4.69, 9.17) is 19.9 Å². The molecule has 1 atom stereocenters. The molecule has 0 saturated heterocycles. The van der Waals surface area contributed by atoms with Gasteiger partial charge in [-0.3, -0.25) is 4.79 Å². The number of hydrogen-bond acceptors (Lipinski definition) is 5. The Kier molecular flexibility index (Phi) is 5.08. The molecule has 2 aromatic rings. The maximum absolute atomic E-state index is 12.5. The first-order valence-corrected chi connectivity index (χ1v) is 7.19. The summed E-state index contributed by atoms with van der Waals surface area (Å²) in [4.78, 5) is 23.9. The molecule has 2 N–H and O–H groups in total. The topological polar surface area (TPSA) is 87.8 Å².